The lowest BCUT2D eigenvalue weighted by atomic mass is 9.89. The Balaban J connectivity index is 1.41. The minimum atomic E-state index is -0.0711. The molecule has 1 saturated carbocycles. The number of methoxy groups -OCH3 is 2. The zero-order valence-corrected chi connectivity index (χ0v) is 18.6. The molecule has 31 heavy (non-hydrogen) atoms. The smallest absolute Gasteiger partial charge is 0.272 e. The maximum Gasteiger partial charge on any atom is 0.272 e. The number of aromatic nitrogens is 2. The van der Waals surface area contributed by atoms with Gasteiger partial charge in [0.1, 0.15) is 11.4 Å². The van der Waals surface area contributed by atoms with Crippen molar-refractivity contribution >= 4 is 5.91 Å². The van der Waals surface area contributed by atoms with E-state index in [0.29, 0.717) is 36.2 Å². The maximum absolute atomic E-state index is 13.1. The molecule has 0 aromatic carbocycles. The topological polar surface area (TPSA) is 73.8 Å². The number of piperidine rings is 1. The number of ether oxygens (including phenoxy) is 3. The first-order valence-electron chi connectivity index (χ1n) is 11.1. The number of nitrogens with zero attached hydrogens (tertiary/aromatic N) is 3. The van der Waals surface area contributed by atoms with Crippen molar-refractivity contribution in [3.8, 4) is 17.2 Å². The molecule has 0 atom stereocenters. The van der Waals surface area contributed by atoms with Crippen molar-refractivity contribution in [1.29, 1.82) is 0 Å². The molecule has 0 spiro atoms. The molecule has 1 saturated heterocycles. The summed E-state index contributed by atoms with van der Waals surface area (Å²) in [6.07, 6.45) is 9.98. The number of pyridine rings is 2. The van der Waals surface area contributed by atoms with Gasteiger partial charge < -0.3 is 19.1 Å². The molecule has 2 aromatic rings. The third kappa shape index (κ3) is 4.75. The van der Waals surface area contributed by atoms with Crippen LogP contribution in [0, 0.1) is 6.92 Å². The summed E-state index contributed by atoms with van der Waals surface area (Å²) in [5, 5.41) is 0. The first kappa shape index (κ1) is 21.4. The molecule has 7 nitrogen and oxygen atoms in total. The highest BCUT2D eigenvalue weighted by Gasteiger charge is 2.28. The summed E-state index contributed by atoms with van der Waals surface area (Å²) in [5.74, 6) is 2.32. The molecule has 1 aliphatic carbocycles. The lowest BCUT2D eigenvalue weighted by Crippen LogP contribution is -2.38. The van der Waals surface area contributed by atoms with Gasteiger partial charge in [0.25, 0.3) is 5.91 Å². The Morgan fingerprint density at radius 3 is 2.32 bits per heavy atom. The maximum atomic E-state index is 13.1. The third-order valence-corrected chi connectivity index (χ3v) is 6.34. The number of carbonyl (C=O) groups excluding carboxylic acids is 1. The molecule has 0 bridgehead atoms. The Morgan fingerprint density at radius 2 is 1.65 bits per heavy atom. The van der Waals surface area contributed by atoms with Gasteiger partial charge in [-0.3, -0.25) is 9.78 Å². The van der Waals surface area contributed by atoms with Crippen LogP contribution in [0.3, 0.4) is 0 Å². The van der Waals surface area contributed by atoms with Crippen molar-refractivity contribution in [2.45, 2.75) is 57.5 Å². The van der Waals surface area contributed by atoms with Gasteiger partial charge in [-0.25, -0.2) is 4.98 Å². The van der Waals surface area contributed by atoms with Crippen molar-refractivity contribution in [2.75, 3.05) is 27.3 Å². The van der Waals surface area contributed by atoms with Gasteiger partial charge >= 0.3 is 0 Å². The second-order valence-electron chi connectivity index (χ2n) is 8.38. The van der Waals surface area contributed by atoms with Crippen molar-refractivity contribution in [3.63, 3.8) is 0 Å². The summed E-state index contributed by atoms with van der Waals surface area (Å²) in [6, 6.07) is 3.67. The van der Waals surface area contributed by atoms with Gasteiger partial charge in [0.05, 0.1) is 26.5 Å². The van der Waals surface area contributed by atoms with E-state index >= 15 is 0 Å². The molecule has 0 radical (unpaired) electrons. The number of rotatable bonds is 6. The highest BCUT2D eigenvalue weighted by molar-refractivity contribution is 5.93. The number of hydrogen-bond acceptors (Lipinski definition) is 6. The van der Waals surface area contributed by atoms with E-state index in [-0.39, 0.29) is 12.0 Å². The predicted octanol–water partition coefficient (Wildman–Crippen LogP) is 4.14. The Morgan fingerprint density at radius 1 is 0.935 bits per heavy atom. The van der Waals surface area contributed by atoms with E-state index in [1.807, 2.05) is 24.1 Å². The Kier molecular flexibility index (Phi) is 6.59. The molecule has 2 aliphatic rings. The van der Waals surface area contributed by atoms with E-state index in [1.54, 1.807) is 26.5 Å². The van der Waals surface area contributed by atoms with Crippen LogP contribution >= 0.6 is 0 Å². The summed E-state index contributed by atoms with van der Waals surface area (Å²) in [4.78, 5) is 23.8. The summed E-state index contributed by atoms with van der Waals surface area (Å²) in [7, 11) is 3.29. The quantitative estimate of drug-likeness (QED) is 0.692. The van der Waals surface area contributed by atoms with Gasteiger partial charge in [-0.15, -0.1) is 0 Å². The zero-order chi connectivity index (χ0) is 21.8. The van der Waals surface area contributed by atoms with Gasteiger partial charge in [-0.2, -0.15) is 0 Å². The monoisotopic (exact) mass is 425 g/mol. The Hall–Kier alpha value is -2.83. The molecule has 0 unspecified atom stereocenters. The lowest BCUT2D eigenvalue weighted by molar-refractivity contribution is 0.0706. The summed E-state index contributed by atoms with van der Waals surface area (Å²) >= 11 is 0. The van der Waals surface area contributed by atoms with Crippen molar-refractivity contribution in [1.82, 2.24) is 14.9 Å². The fraction of sp³-hybridized carbons (Fsp3) is 0.542. The Bertz CT molecular complexity index is 919. The van der Waals surface area contributed by atoms with E-state index < -0.39 is 0 Å². The molecule has 1 aliphatic heterocycles. The van der Waals surface area contributed by atoms with Crippen LogP contribution in [0.5, 0.6) is 17.2 Å². The first-order valence-corrected chi connectivity index (χ1v) is 11.1. The number of amides is 1. The van der Waals surface area contributed by atoms with Gasteiger partial charge in [0, 0.05) is 42.7 Å². The summed E-state index contributed by atoms with van der Waals surface area (Å²) < 4.78 is 17.1. The molecule has 0 N–H and O–H groups in total. The van der Waals surface area contributed by atoms with Crippen LogP contribution < -0.4 is 14.2 Å². The van der Waals surface area contributed by atoms with Crippen molar-refractivity contribution < 1.29 is 19.0 Å². The van der Waals surface area contributed by atoms with Crippen molar-refractivity contribution in [3.05, 3.63) is 41.5 Å². The molecule has 2 fully saturated rings. The van der Waals surface area contributed by atoms with E-state index in [0.717, 1.165) is 42.7 Å². The normalized spacial score (nSPS) is 17.6. The van der Waals surface area contributed by atoms with E-state index in [9.17, 15) is 4.79 Å². The number of hydrogen-bond donors (Lipinski definition) is 0. The fourth-order valence-corrected chi connectivity index (χ4v) is 4.56. The zero-order valence-electron chi connectivity index (χ0n) is 18.6. The molecular weight excluding hydrogens is 394 g/mol. The third-order valence-electron chi connectivity index (χ3n) is 6.34. The van der Waals surface area contributed by atoms with E-state index in [4.69, 9.17) is 14.2 Å². The van der Waals surface area contributed by atoms with Crippen LogP contribution in [0.2, 0.25) is 0 Å². The SMILES string of the molecule is COc1cc(C(=O)N2CCC(c3cnc(C)cc3OC)CC2)ncc1OC1CCCC1. The summed E-state index contributed by atoms with van der Waals surface area (Å²) in [5.41, 5.74) is 2.45. The molecule has 3 heterocycles. The van der Waals surface area contributed by atoms with Gasteiger partial charge in [0.15, 0.2) is 11.5 Å². The largest absolute Gasteiger partial charge is 0.496 e. The van der Waals surface area contributed by atoms with Gasteiger partial charge in [0.2, 0.25) is 0 Å². The van der Waals surface area contributed by atoms with Gasteiger partial charge in [-0.1, -0.05) is 0 Å². The second kappa shape index (κ2) is 9.54. The molecule has 1 amide bonds. The Labute approximate surface area is 183 Å². The average molecular weight is 426 g/mol. The van der Waals surface area contributed by atoms with Crippen LogP contribution in [-0.2, 0) is 0 Å². The van der Waals surface area contributed by atoms with Crippen LogP contribution in [0.4, 0.5) is 0 Å². The van der Waals surface area contributed by atoms with E-state index in [1.165, 1.54) is 12.8 Å². The molecule has 166 valence electrons. The van der Waals surface area contributed by atoms with Gasteiger partial charge in [-0.05, 0) is 51.4 Å². The number of likely N-dealkylation sites (tertiary alicyclic amines) is 1. The predicted molar refractivity (Wildman–Crippen MR) is 117 cm³/mol. The minimum Gasteiger partial charge on any atom is -0.496 e. The van der Waals surface area contributed by atoms with Crippen LogP contribution in [-0.4, -0.2) is 54.2 Å². The molecule has 2 aromatic heterocycles. The molecular formula is C24H31N3O4. The van der Waals surface area contributed by atoms with Crippen LogP contribution in [0.25, 0.3) is 0 Å². The molecule has 7 heteroatoms. The highest BCUT2D eigenvalue weighted by Crippen LogP contribution is 2.35. The second-order valence-corrected chi connectivity index (χ2v) is 8.38. The first-order chi connectivity index (χ1) is 15.1. The molecule has 4 rings (SSSR count). The average Bonchev–Trinajstić information content (AvgIpc) is 3.32. The van der Waals surface area contributed by atoms with Crippen molar-refractivity contribution in [2.24, 2.45) is 0 Å². The van der Waals surface area contributed by atoms with Crippen LogP contribution in [0.1, 0.15) is 66.2 Å². The van der Waals surface area contributed by atoms with E-state index in [2.05, 4.69) is 9.97 Å². The highest BCUT2D eigenvalue weighted by atomic mass is 16.5. The summed E-state index contributed by atoms with van der Waals surface area (Å²) in [6.45, 7) is 3.30. The lowest BCUT2D eigenvalue weighted by Gasteiger charge is -2.32. The minimum absolute atomic E-state index is 0.0711. The number of carbonyl (C=O) groups is 1. The number of aryl methyl sites for hydroxylation is 1. The standard InChI is InChI=1S/C24H31N3O4/c1-16-12-21(29-2)19(14-25-16)17-8-10-27(11-9-17)24(28)20-13-22(30-3)23(15-26-20)31-18-6-4-5-7-18/h12-15,17-18H,4-11H2,1-3H3. The fourth-order valence-electron chi connectivity index (χ4n) is 4.56. The van der Waals surface area contributed by atoms with Crippen LogP contribution in [0.15, 0.2) is 24.5 Å².